The van der Waals surface area contributed by atoms with Crippen LogP contribution >= 0.6 is 0 Å². The number of carbonyl (C=O) groups excluding carboxylic acids is 1. The van der Waals surface area contributed by atoms with Crippen molar-refractivity contribution in [1.29, 1.82) is 0 Å². The zero-order valence-electron chi connectivity index (χ0n) is 10.8. The fourth-order valence-corrected chi connectivity index (χ4v) is 3.08. The summed E-state index contributed by atoms with van der Waals surface area (Å²) in [6, 6.07) is -0.0558. The number of amidine groups is 1. The van der Waals surface area contributed by atoms with E-state index >= 15 is 0 Å². The average Bonchev–Trinajstić information content (AvgIpc) is 2.51. The maximum absolute atomic E-state index is 11.9. The van der Waals surface area contributed by atoms with E-state index in [0.29, 0.717) is 5.84 Å². The maximum atomic E-state index is 11.9. The lowest BCUT2D eigenvalue weighted by molar-refractivity contribution is 0.0277. The van der Waals surface area contributed by atoms with E-state index in [9.17, 15) is 4.79 Å². The van der Waals surface area contributed by atoms with Crippen molar-refractivity contribution in [2.75, 3.05) is 7.11 Å². The number of rotatable bonds is 2. The number of hydrogen-bond acceptors (Lipinski definition) is 3. The lowest BCUT2D eigenvalue weighted by Crippen LogP contribution is -2.58. The highest BCUT2D eigenvalue weighted by Crippen LogP contribution is 2.39. The standard InChI is InChI=1S/C12H21N3O2/c1-8(2)15-11(16)14-10(13)12(15)6-4-9(17-3)5-7-12/h8-9H,4-7H2,1-3H3,(H2,13,14,16). The van der Waals surface area contributed by atoms with Gasteiger partial charge in [-0.1, -0.05) is 0 Å². The van der Waals surface area contributed by atoms with Gasteiger partial charge >= 0.3 is 6.03 Å². The summed E-state index contributed by atoms with van der Waals surface area (Å²) in [5, 5.41) is 0. The van der Waals surface area contributed by atoms with Gasteiger partial charge in [-0.05, 0) is 39.5 Å². The van der Waals surface area contributed by atoms with Crippen molar-refractivity contribution in [3.8, 4) is 0 Å². The summed E-state index contributed by atoms with van der Waals surface area (Å²) in [7, 11) is 1.74. The largest absolute Gasteiger partial charge is 0.385 e. The van der Waals surface area contributed by atoms with Crippen LogP contribution in [0.5, 0.6) is 0 Å². The minimum Gasteiger partial charge on any atom is -0.385 e. The molecule has 1 fully saturated rings. The van der Waals surface area contributed by atoms with E-state index in [1.54, 1.807) is 7.11 Å². The lowest BCUT2D eigenvalue weighted by atomic mass is 9.78. The molecule has 5 nitrogen and oxygen atoms in total. The monoisotopic (exact) mass is 239 g/mol. The van der Waals surface area contributed by atoms with Crippen LogP contribution in [0.3, 0.4) is 0 Å². The Morgan fingerprint density at radius 1 is 1.47 bits per heavy atom. The number of nitrogens with two attached hydrogens (primary N) is 1. The first kappa shape index (κ1) is 12.4. The first-order chi connectivity index (χ1) is 8.01. The van der Waals surface area contributed by atoms with Gasteiger partial charge in [-0.2, -0.15) is 4.99 Å². The molecule has 17 heavy (non-hydrogen) atoms. The van der Waals surface area contributed by atoms with Gasteiger partial charge in [-0.3, -0.25) is 0 Å². The fraction of sp³-hybridized carbons (Fsp3) is 0.833. The predicted molar refractivity (Wildman–Crippen MR) is 66.0 cm³/mol. The summed E-state index contributed by atoms with van der Waals surface area (Å²) >= 11 is 0. The van der Waals surface area contributed by atoms with Gasteiger partial charge in [0.25, 0.3) is 0 Å². The van der Waals surface area contributed by atoms with Crippen LogP contribution in [0, 0.1) is 0 Å². The quantitative estimate of drug-likeness (QED) is 0.794. The number of methoxy groups -OCH3 is 1. The Bertz CT molecular complexity index is 344. The van der Waals surface area contributed by atoms with Gasteiger partial charge in [0.2, 0.25) is 0 Å². The number of nitrogens with zero attached hydrogens (tertiary/aromatic N) is 2. The number of amides is 2. The number of hydrogen-bond donors (Lipinski definition) is 1. The second-order valence-electron chi connectivity index (χ2n) is 5.21. The summed E-state index contributed by atoms with van der Waals surface area (Å²) in [5.74, 6) is 0.491. The molecule has 5 heteroatoms. The molecule has 0 aromatic heterocycles. The Kier molecular flexibility index (Phi) is 3.12. The third kappa shape index (κ3) is 1.82. The van der Waals surface area contributed by atoms with Crippen LogP contribution in [0.25, 0.3) is 0 Å². The Balaban J connectivity index is 2.23. The predicted octanol–water partition coefficient (Wildman–Crippen LogP) is 1.52. The van der Waals surface area contributed by atoms with Crippen molar-refractivity contribution in [3.05, 3.63) is 0 Å². The van der Waals surface area contributed by atoms with Crippen molar-refractivity contribution in [3.63, 3.8) is 0 Å². The van der Waals surface area contributed by atoms with Crippen LogP contribution < -0.4 is 5.73 Å². The summed E-state index contributed by atoms with van der Waals surface area (Å²) < 4.78 is 5.37. The van der Waals surface area contributed by atoms with Crippen molar-refractivity contribution in [2.45, 2.75) is 57.2 Å². The lowest BCUT2D eigenvalue weighted by Gasteiger charge is -2.44. The number of ether oxygens (including phenoxy) is 1. The van der Waals surface area contributed by atoms with E-state index in [2.05, 4.69) is 4.99 Å². The van der Waals surface area contributed by atoms with Crippen molar-refractivity contribution >= 4 is 11.9 Å². The second kappa shape index (κ2) is 4.29. The molecule has 0 atom stereocenters. The van der Waals surface area contributed by atoms with Crippen LogP contribution in [0.4, 0.5) is 4.79 Å². The first-order valence-corrected chi connectivity index (χ1v) is 6.22. The average molecular weight is 239 g/mol. The minimum atomic E-state index is -0.347. The van der Waals surface area contributed by atoms with Gasteiger partial charge < -0.3 is 15.4 Å². The smallest absolute Gasteiger partial charge is 0.346 e. The van der Waals surface area contributed by atoms with Crippen LogP contribution in [0.1, 0.15) is 39.5 Å². The van der Waals surface area contributed by atoms with Gasteiger partial charge in [-0.25, -0.2) is 4.79 Å². The molecule has 1 heterocycles. The Morgan fingerprint density at radius 3 is 2.53 bits per heavy atom. The Hall–Kier alpha value is -1.10. The van der Waals surface area contributed by atoms with Gasteiger partial charge in [0.15, 0.2) is 0 Å². The van der Waals surface area contributed by atoms with Gasteiger partial charge in [0.05, 0.1) is 6.10 Å². The molecule has 1 aliphatic carbocycles. The molecule has 2 rings (SSSR count). The third-order valence-electron chi connectivity index (χ3n) is 3.97. The first-order valence-electron chi connectivity index (χ1n) is 6.22. The maximum Gasteiger partial charge on any atom is 0.346 e. The molecule has 0 bridgehead atoms. The molecule has 0 aromatic rings. The van der Waals surface area contributed by atoms with E-state index in [1.807, 2.05) is 18.7 Å². The van der Waals surface area contributed by atoms with Crippen molar-refractivity contribution < 1.29 is 9.53 Å². The molecule has 2 aliphatic rings. The molecule has 2 N–H and O–H groups in total. The van der Waals surface area contributed by atoms with Crippen LogP contribution in [0.2, 0.25) is 0 Å². The van der Waals surface area contributed by atoms with Crippen LogP contribution in [-0.2, 0) is 4.74 Å². The number of aliphatic imine (C=N–C) groups is 1. The highest BCUT2D eigenvalue weighted by atomic mass is 16.5. The highest BCUT2D eigenvalue weighted by molar-refractivity contribution is 6.06. The van der Waals surface area contributed by atoms with E-state index in [4.69, 9.17) is 10.5 Å². The molecule has 1 spiro atoms. The van der Waals surface area contributed by atoms with Crippen LogP contribution in [-0.4, -0.2) is 41.6 Å². The minimum absolute atomic E-state index is 0.131. The Labute approximate surface area is 102 Å². The molecule has 0 saturated heterocycles. The van der Waals surface area contributed by atoms with Gasteiger partial charge in [0, 0.05) is 13.2 Å². The van der Waals surface area contributed by atoms with Crippen LogP contribution in [0.15, 0.2) is 4.99 Å². The molecule has 2 amide bonds. The molecule has 0 unspecified atom stereocenters. The van der Waals surface area contributed by atoms with E-state index in [-0.39, 0.29) is 23.7 Å². The summed E-state index contributed by atoms with van der Waals surface area (Å²) in [6.07, 6.45) is 3.86. The summed E-state index contributed by atoms with van der Waals surface area (Å²) in [6.45, 7) is 4.02. The zero-order chi connectivity index (χ0) is 12.6. The summed E-state index contributed by atoms with van der Waals surface area (Å²) in [5.41, 5.74) is 5.65. The molecule has 1 aliphatic heterocycles. The second-order valence-corrected chi connectivity index (χ2v) is 5.21. The van der Waals surface area contributed by atoms with Crippen molar-refractivity contribution in [2.24, 2.45) is 10.7 Å². The Morgan fingerprint density at radius 2 is 2.06 bits per heavy atom. The normalized spacial score (nSPS) is 33.6. The molecular weight excluding hydrogens is 218 g/mol. The molecule has 0 radical (unpaired) electrons. The van der Waals surface area contributed by atoms with E-state index in [1.165, 1.54) is 0 Å². The van der Waals surface area contributed by atoms with Gasteiger partial charge in [-0.15, -0.1) is 0 Å². The molecule has 96 valence electrons. The SMILES string of the molecule is COC1CCC2(CC1)C(N)=NC(=O)N2C(C)C. The zero-order valence-corrected chi connectivity index (χ0v) is 10.8. The van der Waals surface area contributed by atoms with Crippen molar-refractivity contribution in [1.82, 2.24) is 4.90 Å². The molecular formula is C12H21N3O2. The topological polar surface area (TPSA) is 67.9 Å². The number of carbonyl (C=O) groups is 1. The van der Waals surface area contributed by atoms with E-state index < -0.39 is 0 Å². The summed E-state index contributed by atoms with van der Waals surface area (Å²) in [4.78, 5) is 17.7. The molecule has 1 saturated carbocycles. The van der Waals surface area contributed by atoms with Gasteiger partial charge in [0.1, 0.15) is 11.4 Å². The highest BCUT2D eigenvalue weighted by Gasteiger charge is 2.51. The van der Waals surface area contributed by atoms with E-state index in [0.717, 1.165) is 25.7 Å². The number of urea groups is 1. The third-order valence-corrected chi connectivity index (χ3v) is 3.97. The fourth-order valence-electron chi connectivity index (χ4n) is 3.08. The molecule has 0 aromatic carbocycles.